The molecule has 1 fully saturated rings. The largest absolute Gasteiger partial charge is 0.396 e. The number of urea groups is 1. The van der Waals surface area contributed by atoms with E-state index in [-0.39, 0.29) is 24.7 Å². The second-order valence-electron chi connectivity index (χ2n) is 6.59. The normalized spacial score (nSPS) is 20.1. The first-order valence-corrected chi connectivity index (χ1v) is 9.92. The fourth-order valence-corrected chi connectivity index (χ4v) is 4.22. The first-order valence-electron chi connectivity index (χ1n) is 8.75. The van der Waals surface area contributed by atoms with Crippen molar-refractivity contribution in [3.8, 4) is 0 Å². The maximum absolute atomic E-state index is 12.4. The number of aliphatic hydroxyl groups is 1. The van der Waals surface area contributed by atoms with Crippen LogP contribution in [0.5, 0.6) is 0 Å². The Labute approximate surface area is 167 Å². The Morgan fingerprint density at radius 3 is 2.58 bits per heavy atom. The van der Waals surface area contributed by atoms with E-state index < -0.39 is 0 Å². The molecule has 2 aromatic carbocycles. The smallest absolute Gasteiger partial charge is 0.315 e. The molecule has 0 bridgehead atoms. The second-order valence-corrected chi connectivity index (χ2v) is 7.85. The Hall–Kier alpha value is -1.56. The molecule has 1 atom stereocenters. The minimum atomic E-state index is -0.241. The summed E-state index contributed by atoms with van der Waals surface area (Å²) in [4.78, 5) is 12.4. The Balaban J connectivity index is 1.54. The van der Waals surface area contributed by atoms with E-state index in [2.05, 4.69) is 26.6 Å². The number of amides is 2. The number of rotatable bonds is 6. The van der Waals surface area contributed by atoms with Gasteiger partial charge >= 0.3 is 6.03 Å². The van der Waals surface area contributed by atoms with Crippen molar-refractivity contribution in [3.05, 3.63) is 69.2 Å². The molecule has 1 aliphatic rings. The molecule has 1 aliphatic carbocycles. The van der Waals surface area contributed by atoms with E-state index in [9.17, 15) is 9.90 Å². The molecule has 3 N–H and O–H groups in total. The van der Waals surface area contributed by atoms with Gasteiger partial charge in [-0.15, -0.1) is 0 Å². The summed E-state index contributed by atoms with van der Waals surface area (Å²) in [6, 6.07) is 15.3. The van der Waals surface area contributed by atoms with Gasteiger partial charge in [0, 0.05) is 22.1 Å². The number of aliphatic hydroxyl groups excluding tert-OH is 1. The molecule has 2 amide bonds. The van der Waals surface area contributed by atoms with Crippen LogP contribution in [0.15, 0.2) is 53.0 Å². The van der Waals surface area contributed by atoms with Crippen LogP contribution in [0, 0.1) is 0 Å². The standard InChI is InChI=1S/C20H22BrClN2O2/c21-17-7-3-1-6-16(17)19(9-10-25)24-20(26)23-14-11-13(12-14)15-5-2-4-8-18(15)22/h1-8,13-14,19,25H,9-12H2,(H2,23,24,26). The summed E-state index contributed by atoms with van der Waals surface area (Å²) in [5.41, 5.74) is 2.11. The Bertz CT molecular complexity index is 765. The van der Waals surface area contributed by atoms with Gasteiger partial charge in [-0.3, -0.25) is 0 Å². The second kappa shape index (κ2) is 8.89. The van der Waals surface area contributed by atoms with E-state index in [1.807, 2.05) is 48.5 Å². The monoisotopic (exact) mass is 436 g/mol. The number of hydrogen-bond donors (Lipinski definition) is 3. The fraction of sp³-hybridized carbons (Fsp3) is 0.350. The third kappa shape index (κ3) is 4.58. The Morgan fingerprint density at radius 1 is 1.19 bits per heavy atom. The van der Waals surface area contributed by atoms with Crippen LogP contribution in [0.3, 0.4) is 0 Å². The van der Waals surface area contributed by atoms with Gasteiger partial charge in [-0.2, -0.15) is 0 Å². The maximum Gasteiger partial charge on any atom is 0.315 e. The number of benzene rings is 2. The van der Waals surface area contributed by atoms with Crippen molar-refractivity contribution in [1.82, 2.24) is 10.6 Å². The molecule has 1 unspecified atom stereocenters. The van der Waals surface area contributed by atoms with Crippen LogP contribution in [-0.2, 0) is 0 Å². The van der Waals surface area contributed by atoms with Crippen LogP contribution in [0.1, 0.15) is 42.3 Å². The average molecular weight is 438 g/mol. The molecule has 4 nitrogen and oxygen atoms in total. The van der Waals surface area contributed by atoms with Gasteiger partial charge in [0.15, 0.2) is 0 Å². The predicted molar refractivity (Wildman–Crippen MR) is 107 cm³/mol. The number of carbonyl (C=O) groups is 1. The lowest BCUT2D eigenvalue weighted by atomic mass is 9.76. The van der Waals surface area contributed by atoms with Crippen molar-refractivity contribution in [2.75, 3.05) is 6.61 Å². The summed E-state index contributed by atoms with van der Waals surface area (Å²) < 4.78 is 0.918. The lowest BCUT2D eigenvalue weighted by molar-refractivity contribution is 0.213. The molecule has 0 saturated heterocycles. The zero-order valence-electron chi connectivity index (χ0n) is 14.3. The summed E-state index contributed by atoms with van der Waals surface area (Å²) in [5, 5.41) is 16.1. The number of hydrogen-bond acceptors (Lipinski definition) is 2. The molecular weight excluding hydrogens is 416 g/mol. The van der Waals surface area contributed by atoms with E-state index in [0.717, 1.165) is 33.5 Å². The van der Waals surface area contributed by atoms with Crippen molar-refractivity contribution in [1.29, 1.82) is 0 Å². The molecule has 0 heterocycles. The number of halogens is 2. The fourth-order valence-electron chi connectivity index (χ4n) is 3.37. The molecule has 0 aromatic heterocycles. The number of carbonyl (C=O) groups excluding carboxylic acids is 1. The third-order valence-corrected chi connectivity index (χ3v) is 5.89. The maximum atomic E-state index is 12.4. The summed E-state index contributed by atoms with van der Waals surface area (Å²) in [6.07, 6.45) is 2.23. The van der Waals surface area contributed by atoms with Crippen LogP contribution >= 0.6 is 27.5 Å². The van der Waals surface area contributed by atoms with E-state index >= 15 is 0 Å². The first kappa shape index (κ1) is 19.2. The van der Waals surface area contributed by atoms with Crippen molar-refractivity contribution in [2.45, 2.75) is 37.3 Å². The lowest BCUT2D eigenvalue weighted by Crippen LogP contribution is -2.48. The highest BCUT2D eigenvalue weighted by Gasteiger charge is 2.32. The van der Waals surface area contributed by atoms with Gasteiger partial charge < -0.3 is 15.7 Å². The highest BCUT2D eigenvalue weighted by atomic mass is 79.9. The van der Waals surface area contributed by atoms with Crippen LogP contribution in [0.4, 0.5) is 4.79 Å². The molecular formula is C20H22BrClN2O2. The average Bonchev–Trinajstić information content (AvgIpc) is 2.59. The molecule has 2 aromatic rings. The van der Waals surface area contributed by atoms with Gasteiger partial charge in [0.05, 0.1) is 6.04 Å². The zero-order chi connectivity index (χ0) is 18.5. The van der Waals surface area contributed by atoms with Gasteiger partial charge in [0.25, 0.3) is 0 Å². The van der Waals surface area contributed by atoms with Crippen molar-refractivity contribution in [2.24, 2.45) is 0 Å². The minimum absolute atomic E-state index is 0.00426. The molecule has 138 valence electrons. The topological polar surface area (TPSA) is 61.4 Å². The summed E-state index contributed by atoms with van der Waals surface area (Å²) in [6.45, 7) is 0.00426. The van der Waals surface area contributed by atoms with Crippen LogP contribution < -0.4 is 10.6 Å². The van der Waals surface area contributed by atoms with Crippen molar-refractivity contribution >= 4 is 33.6 Å². The summed E-state index contributed by atoms with van der Waals surface area (Å²) in [5.74, 6) is 0.394. The molecule has 0 spiro atoms. The number of nitrogens with one attached hydrogen (secondary N) is 2. The van der Waals surface area contributed by atoms with Crippen molar-refractivity contribution in [3.63, 3.8) is 0 Å². The lowest BCUT2D eigenvalue weighted by Gasteiger charge is -2.37. The van der Waals surface area contributed by atoms with Crippen LogP contribution in [0.25, 0.3) is 0 Å². The molecule has 0 aliphatic heterocycles. The Morgan fingerprint density at radius 2 is 1.88 bits per heavy atom. The van der Waals surface area contributed by atoms with Crippen LogP contribution in [0.2, 0.25) is 5.02 Å². The van der Waals surface area contributed by atoms with Gasteiger partial charge in [-0.05, 0) is 48.4 Å². The molecule has 6 heteroatoms. The molecule has 0 radical (unpaired) electrons. The van der Waals surface area contributed by atoms with E-state index in [1.54, 1.807) is 0 Å². The van der Waals surface area contributed by atoms with Gasteiger partial charge in [0.2, 0.25) is 0 Å². The quantitative estimate of drug-likeness (QED) is 0.609. The Kier molecular flexibility index (Phi) is 6.57. The summed E-state index contributed by atoms with van der Waals surface area (Å²) in [7, 11) is 0. The van der Waals surface area contributed by atoms with E-state index in [0.29, 0.717) is 12.3 Å². The highest BCUT2D eigenvalue weighted by molar-refractivity contribution is 9.10. The molecule has 1 saturated carbocycles. The van der Waals surface area contributed by atoms with E-state index in [4.69, 9.17) is 11.6 Å². The van der Waals surface area contributed by atoms with Gasteiger partial charge in [-0.1, -0.05) is 63.9 Å². The molecule has 3 rings (SSSR count). The highest BCUT2D eigenvalue weighted by Crippen LogP contribution is 2.39. The summed E-state index contributed by atoms with van der Waals surface area (Å²) >= 11 is 9.75. The predicted octanol–water partition coefficient (Wildman–Crippen LogP) is 4.77. The van der Waals surface area contributed by atoms with E-state index in [1.165, 1.54) is 0 Å². The zero-order valence-corrected chi connectivity index (χ0v) is 16.6. The minimum Gasteiger partial charge on any atom is -0.396 e. The van der Waals surface area contributed by atoms with Crippen LogP contribution in [-0.4, -0.2) is 23.8 Å². The van der Waals surface area contributed by atoms with Gasteiger partial charge in [-0.25, -0.2) is 4.79 Å². The molecule has 26 heavy (non-hydrogen) atoms. The SMILES string of the molecule is O=C(NC1CC(c2ccccc2Cl)C1)NC(CCO)c1ccccc1Br. The van der Waals surface area contributed by atoms with Crippen molar-refractivity contribution < 1.29 is 9.90 Å². The van der Waals surface area contributed by atoms with Gasteiger partial charge in [0.1, 0.15) is 0 Å². The first-order chi connectivity index (χ1) is 12.6. The third-order valence-electron chi connectivity index (χ3n) is 4.82.